The number of hydrogen-bond acceptors (Lipinski definition) is 6. The zero-order chi connectivity index (χ0) is 23.4. The number of nitrogens with zero attached hydrogens (tertiary/aromatic N) is 1. The Morgan fingerprint density at radius 2 is 1.52 bits per heavy atom. The van der Waals surface area contributed by atoms with Crippen LogP contribution in [0.5, 0.6) is 5.75 Å². The van der Waals surface area contributed by atoms with Crippen molar-refractivity contribution in [3.8, 4) is 5.75 Å². The lowest BCUT2D eigenvalue weighted by molar-refractivity contribution is 0.0896. The molecule has 0 aliphatic carbocycles. The summed E-state index contributed by atoms with van der Waals surface area (Å²) in [7, 11) is 0. The van der Waals surface area contributed by atoms with E-state index in [1.54, 1.807) is 36.7 Å². The summed E-state index contributed by atoms with van der Waals surface area (Å²) in [5.41, 5.74) is 1.07. The first-order chi connectivity index (χ1) is 15.9. The van der Waals surface area contributed by atoms with Gasteiger partial charge in [-0.05, 0) is 42.5 Å². The van der Waals surface area contributed by atoms with Gasteiger partial charge in [0.2, 0.25) is 0 Å². The molecule has 2 atom stereocenters. The van der Waals surface area contributed by atoms with E-state index in [1.165, 1.54) is 30.3 Å². The van der Waals surface area contributed by atoms with Crippen LogP contribution in [-0.4, -0.2) is 52.9 Å². The van der Waals surface area contributed by atoms with Crippen molar-refractivity contribution >= 4 is 29.2 Å². The average Bonchev–Trinajstić information content (AvgIpc) is 3.25. The standard InChI is InChI=1S/C24H21ClN4O4/c25-18-11-15(5-6-16(18)22(31)17-3-1-2-4-21(17)30)24(33)29-20-13-27-12-19(20)28-23(32)14-7-9-26-10-8-14/h1-11,19-20,27,30H,12-13H2,(H,28,32)(H,29,33)/t19-,20?/m1/s1. The molecule has 1 saturated heterocycles. The van der Waals surface area contributed by atoms with Gasteiger partial charge in [0, 0.05) is 42.2 Å². The summed E-state index contributed by atoms with van der Waals surface area (Å²) < 4.78 is 0. The van der Waals surface area contributed by atoms with Gasteiger partial charge in [-0.25, -0.2) is 0 Å². The molecule has 4 N–H and O–H groups in total. The molecule has 0 radical (unpaired) electrons. The van der Waals surface area contributed by atoms with Crippen molar-refractivity contribution in [2.24, 2.45) is 0 Å². The van der Waals surface area contributed by atoms with Crippen LogP contribution >= 0.6 is 11.6 Å². The lowest BCUT2D eigenvalue weighted by Gasteiger charge is -2.21. The molecule has 8 nitrogen and oxygen atoms in total. The number of aromatic nitrogens is 1. The largest absolute Gasteiger partial charge is 0.507 e. The van der Waals surface area contributed by atoms with Crippen LogP contribution in [0, 0.1) is 0 Å². The van der Waals surface area contributed by atoms with E-state index in [4.69, 9.17) is 11.6 Å². The number of pyridine rings is 1. The molecule has 1 unspecified atom stereocenters. The highest BCUT2D eigenvalue weighted by atomic mass is 35.5. The molecule has 0 saturated carbocycles. The molecule has 0 bridgehead atoms. The molecule has 1 aliphatic heterocycles. The van der Waals surface area contributed by atoms with Gasteiger partial charge in [0.25, 0.3) is 11.8 Å². The van der Waals surface area contributed by atoms with Gasteiger partial charge >= 0.3 is 0 Å². The summed E-state index contributed by atoms with van der Waals surface area (Å²) in [6, 6.07) is 13.2. The van der Waals surface area contributed by atoms with Crippen LogP contribution < -0.4 is 16.0 Å². The van der Waals surface area contributed by atoms with Gasteiger partial charge in [0.1, 0.15) is 5.75 Å². The Labute approximate surface area is 195 Å². The molecule has 9 heteroatoms. The van der Waals surface area contributed by atoms with Crippen molar-refractivity contribution in [3.63, 3.8) is 0 Å². The first kappa shape index (κ1) is 22.4. The van der Waals surface area contributed by atoms with E-state index >= 15 is 0 Å². The molecule has 1 aliphatic rings. The smallest absolute Gasteiger partial charge is 0.251 e. The highest BCUT2D eigenvalue weighted by Gasteiger charge is 2.30. The second kappa shape index (κ2) is 9.81. The second-order valence-corrected chi connectivity index (χ2v) is 8.00. The fourth-order valence-electron chi connectivity index (χ4n) is 3.64. The summed E-state index contributed by atoms with van der Waals surface area (Å²) in [5.74, 6) is -1.21. The van der Waals surface area contributed by atoms with E-state index < -0.39 is 5.78 Å². The Kier molecular flexibility index (Phi) is 6.67. The summed E-state index contributed by atoms with van der Waals surface area (Å²) in [6.07, 6.45) is 3.08. The summed E-state index contributed by atoms with van der Waals surface area (Å²) in [4.78, 5) is 41.9. The fraction of sp³-hybridized carbons (Fsp3) is 0.167. The summed E-state index contributed by atoms with van der Waals surface area (Å²) >= 11 is 6.30. The number of benzene rings is 2. The Morgan fingerprint density at radius 3 is 2.15 bits per heavy atom. The minimum absolute atomic E-state index is 0.1000. The molecule has 1 fully saturated rings. The van der Waals surface area contributed by atoms with Gasteiger partial charge in [-0.2, -0.15) is 0 Å². The number of phenols is 1. The van der Waals surface area contributed by atoms with Crippen LogP contribution in [0.15, 0.2) is 67.0 Å². The maximum atomic E-state index is 12.8. The number of rotatable bonds is 6. The maximum Gasteiger partial charge on any atom is 0.251 e. The number of carbonyl (C=O) groups excluding carboxylic acids is 3. The van der Waals surface area contributed by atoms with Crippen molar-refractivity contribution in [2.75, 3.05) is 13.1 Å². The zero-order valence-electron chi connectivity index (χ0n) is 17.4. The van der Waals surface area contributed by atoms with E-state index in [2.05, 4.69) is 20.9 Å². The van der Waals surface area contributed by atoms with Crippen molar-refractivity contribution in [2.45, 2.75) is 12.1 Å². The van der Waals surface area contributed by atoms with Gasteiger partial charge in [-0.15, -0.1) is 0 Å². The van der Waals surface area contributed by atoms with Crippen LogP contribution in [0.4, 0.5) is 0 Å². The third-order valence-corrected chi connectivity index (χ3v) is 5.73. The molecule has 33 heavy (non-hydrogen) atoms. The van der Waals surface area contributed by atoms with Crippen LogP contribution in [0.3, 0.4) is 0 Å². The van der Waals surface area contributed by atoms with Crippen molar-refractivity contribution in [1.82, 2.24) is 20.9 Å². The third kappa shape index (κ3) is 5.02. The van der Waals surface area contributed by atoms with E-state index in [1.807, 2.05) is 0 Å². The number of ketones is 1. The zero-order valence-corrected chi connectivity index (χ0v) is 18.2. The molecule has 2 amide bonds. The lowest BCUT2D eigenvalue weighted by atomic mass is 10.0. The molecule has 2 heterocycles. The summed E-state index contributed by atoms with van der Waals surface area (Å²) in [6.45, 7) is 1.00. The van der Waals surface area contributed by atoms with Crippen LogP contribution in [0.1, 0.15) is 36.6 Å². The monoisotopic (exact) mass is 464 g/mol. The average molecular weight is 465 g/mol. The molecule has 168 valence electrons. The van der Waals surface area contributed by atoms with Crippen molar-refractivity contribution < 1.29 is 19.5 Å². The Bertz CT molecular complexity index is 1200. The topological polar surface area (TPSA) is 120 Å². The van der Waals surface area contributed by atoms with E-state index in [-0.39, 0.29) is 51.4 Å². The number of carbonyl (C=O) groups is 3. The first-order valence-electron chi connectivity index (χ1n) is 10.3. The Morgan fingerprint density at radius 1 is 0.879 bits per heavy atom. The van der Waals surface area contributed by atoms with E-state index in [0.717, 1.165) is 0 Å². The van der Waals surface area contributed by atoms with E-state index in [9.17, 15) is 19.5 Å². The van der Waals surface area contributed by atoms with Gasteiger partial charge in [-0.1, -0.05) is 23.7 Å². The summed E-state index contributed by atoms with van der Waals surface area (Å²) in [5, 5.41) is 19.0. The molecular formula is C24H21ClN4O4. The van der Waals surface area contributed by atoms with Gasteiger partial charge in [0.15, 0.2) is 5.78 Å². The SMILES string of the molecule is O=C(NC1CNC[C@H]1NC(=O)c1ccncc1)c1ccc(C(=O)c2ccccc2O)c(Cl)c1. The number of aromatic hydroxyl groups is 1. The number of para-hydroxylation sites is 1. The minimum Gasteiger partial charge on any atom is -0.507 e. The number of phenolic OH excluding ortho intramolecular Hbond substituents is 1. The second-order valence-electron chi connectivity index (χ2n) is 7.59. The van der Waals surface area contributed by atoms with Crippen LogP contribution in [0.2, 0.25) is 5.02 Å². The Hall–Kier alpha value is -3.75. The van der Waals surface area contributed by atoms with Crippen LogP contribution in [0.25, 0.3) is 0 Å². The minimum atomic E-state index is -0.441. The fourth-order valence-corrected chi connectivity index (χ4v) is 3.91. The number of amides is 2. The maximum absolute atomic E-state index is 12.8. The highest BCUT2D eigenvalue weighted by molar-refractivity contribution is 6.35. The molecular weight excluding hydrogens is 444 g/mol. The quantitative estimate of drug-likeness (QED) is 0.415. The lowest BCUT2D eigenvalue weighted by Crippen LogP contribution is -2.51. The van der Waals surface area contributed by atoms with Crippen LogP contribution in [-0.2, 0) is 0 Å². The predicted molar refractivity (Wildman–Crippen MR) is 123 cm³/mol. The normalized spacial score (nSPS) is 17.4. The van der Waals surface area contributed by atoms with E-state index in [0.29, 0.717) is 18.7 Å². The Balaban J connectivity index is 1.44. The number of nitrogens with one attached hydrogen (secondary N) is 3. The molecule has 1 aromatic heterocycles. The third-order valence-electron chi connectivity index (χ3n) is 5.41. The van der Waals surface area contributed by atoms with Crippen molar-refractivity contribution in [1.29, 1.82) is 0 Å². The predicted octanol–water partition coefficient (Wildman–Crippen LogP) is 2.17. The van der Waals surface area contributed by atoms with Gasteiger partial charge in [0.05, 0.1) is 22.7 Å². The molecule has 2 aromatic carbocycles. The highest BCUT2D eigenvalue weighted by Crippen LogP contribution is 2.25. The first-order valence-corrected chi connectivity index (χ1v) is 10.7. The molecule has 3 aromatic rings. The van der Waals surface area contributed by atoms with Gasteiger partial charge in [-0.3, -0.25) is 19.4 Å². The number of halogens is 1. The molecule has 4 rings (SSSR count). The number of hydrogen-bond donors (Lipinski definition) is 4. The van der Waals surface area contributed by atoms with Gasteiger partial charge < -0.3 is 21.1 Å². The van der Waals surface area contributed by atoms with Crippen molar-refractivity contribution in [3.05, 3.63) is 94.3 Å². The molecule has 0 spiro atoms.